The molecule has 7 heteroatoms. The van der Waals surface area contributed by atoms with Gasteiger partial charge in [0.15, 0.2) is 5.76 Å². The molecule has 0 unspecified atom stereocenters. The van der Waals surface area contributed by atoms with Gasteiger partial charge in [-0.25, -0.2) is 5.43 Å². The fraction of sp³-hybridized carbons (Fsp3) is 0.267. The number of amides is 1. The number of aromatic nitrogens is 1. The lowest BCUT2D eigenvalue weighted by Gasteiger charge is -2.20. The Morgan fingerprint density at radius 3 is 2.41 bits per heavy atom. The molecule has 3 heterocycles. The molecule has 1 aliphatic heterocycles. The van der Waals surface area contributed by atoms with E-state index in [4.69, 9.17) is 9.15 Å². The minimum absolute atomic E-state index is 0.185. The van der Waals surface area contributed by atoms with Crippen LogP contribution in [0.1, 0.15) is 51.7 Å². The lowest BCUT2D eigenvalue weighted by Crippen LogP contribution is -2.18. The SMILES string of the molecule is Cc1cc(C=NNC(=O)c2ccc(COc3ccc(-n4c(C)ccc4C)cc3)o2)ccc1N1CCCC1. The van der Waals surface area contributed by atoms with Crippen LogP contribution in [0.4, 0.5) is 5.69 Å². The molecule has 0 radical (unpaired) electrons. The minimum Gasteiger partial charge on any atom is -0.486 e. The smallest absolute Gasteiger partial charge is 0.307 e. The molecule has 37 heavy (non-hydrogen) atoms. The lowest BCUT2D eigenvalue weighted by molar-refractivity contribution is 0.0923. The first-order valence-electron chi connectivity index (χ1n) is 12.6. The summed E-state index contributed by atoms with van der Waals surface area (Å²) in [4.78, 5) is 14.9. The normalized spacial score (nSPS) is 13.4. The van der Waals surface area contributed by atoms with E-state index in [1.807, 2.05) is 30.3 Å². The van der Waals surface area contributed by atoms with E-state index in [9.17, 15) is 4.79 Å². The number of carbonyl (C=O) groups is 1. The number of carbonyl (C=O) groups excluding carboxylic acids is 1. The number of hydrogen-bond donors (Lipinski definition) is 1. The summed E-state index contributed by atoms with van der Waals surface area (Å²) >= 11 is 0. The number of nitrogens with zero attached hydrogens (tertiary/aromatic N) is 3. The fourth-order valence-electron chi connectivity index (χ4n) is 4.79. The van der Waals surface area contributed by atoms with Crippen molar-refractivity contribution in [2.45, 2.75) is 40.2 Å². The van der Waals surface area contributed by atoms with E-state index in [-0.39, 0.29) is 12.4 Å². The Bertz CT molecular complexity index is 1390. The first-order valence-corrected chi connectivity index (χ1v) is 12.6. The second kappa shape index (κ2) is 10.8. The van der Waals surface area contributed by atoms with E-state index in [0.29, 0.717) is 5.76 Å². The molecule has 0 bridgehead atoms. The first-order chi connectivity index (χ1) is 18.0. The number of nitrogens with one attached hydrogen (secondary N) is 1. The first kappa shape index (κ1) is 24.4. The zero-order valence-electron chi connectivity index (χ0n) is 21.5. The second-order valence-electron chi connectivity index (χ2n) is 9.44. The van der Waals surface area contributed by atoms with Gasteiger partial charge in [0.2, 0.25) is 0 Å². The number of hydrogen-bond acceptors (Lipinski definition) is 5. The molecule has 2 aromatic carbocycles. The van der Waals surface area contributed by atoms with Gasteiger partial charge in [-0.05, 0) is 105 Å². The highest BCUT2D eigenvalue weighted by molar-refractivity contribution is 5.92. The highest BCUT2D eigenvalue weighted by atomic mass is 16.5. The monoisotopic (exact) mass is 496 g/mol. The van der Waals surface area contributed by atoms with Crippen LogP contribution < -0.4 is 15.1 Å². The quantitative estimate of drug-likeness (QED) is 0.242. The van der Waals surface area contributed by atoms with E-state index in [1.165, 1.54) is 35.5 Å². The molecule has 7 nitrogen and oxygen atoms in total. The second-order valence-corrected chi connectivity index (χ2v) is 9.44. The van der Waals surface area contributed by atoms with Crippen LogP contribution in [0.3, 0.4) is 0 Å². The molecular formula is C30H32N4O3. The third kappa shape index (κ3) is 5.61. The average molecular weight is 497 g/mol. The van der Waals surface area contributed by atoms with Crippen LogP contribution in [0.5, 0.6) is 5.75 Å². The van der Waals surface area contributed by atoms with Crippen molar-refractivity contribution in [1.82, 2.24) is 9.99 Å². The number of aryl methyl sites for hydroxylation is 3. The van der Waals surface area contributed by atoms with Crippen LogP contribution in [0.15, 0.2) is 76.2 Å². The Kier molecular flexibility index (Phi) is 7.12. The molecule has 1 amide bonds. The third-order valence-electron chi connectivity index (χ3n) is 6.68. The van der Waals surface area contributed by atoms with Crippen LogP contribution in [0.2, 0.25) is 0 Å². The van der Waals surface area contributed by atoms with Gasteiger partial charge in [-0.2, -0.15) is 5.10 Å². The number of anilines is 1. The van der Waals surface area contributed by atoms with Gasteiger partial charge in [0, 0.05) is 35.9 Å². The Hall–Kier alpha value is -4.26. The average Bonchev–Trinajstić information content (AvgIpc) is 3.66. The van der Waals surface area contributed by atoms with Crippen molar-refractivity contribution in [2.24, 2.45) is 5.10 Å². The molecular weight excluding hydrogens is 464 g/mol. The van der Waals surface area contributed by atoms with Crippen LogP contribution in [-0.2, 0) is 6.61 Å². The van der Waals surface area contributed by atoms with E-state index in [0.717, 1.165) is 30.1 Å². The van der Waals surface area contributed by atoms with Gasteiger partial charge in [-0.15, -0.1) is 0 Å². The molecule has 0 saturated carbocycles. The molecule has 1 N–H and O–H groups in total. The number of hydrazone groups is 1. The highest BCUT2D eigenvalue weighted by Gasteiger charge is 2.14. The maximum absolute atomic E-state index is 12.5. The zero-order chi connectivity index (χ0) is 25.8. The molecule has 0 aliphatic carbocycles. The van der Waals surface area contributed by atoms with Gasteiger partial charge < -0.3 is 18.6 Å². The van der Waals surface area contributed by atoms with Crippen LogP contribution in [0, 0.1) is 20.8 Å². The molecule has 0 atom stereocenters. The Labute approximate surface area is 217 Å². The molecule has 2 aromatic heterocycles. The van der Waals surface area contributed by atoms with Crippen molar-refractivity contribution in [2.75, 3.05) is 18.0 Å². The lowest BCUT2D eigenvalue weighted by atomic mass is 10.1. The number of rotatable bonds is 8. The summed E-state index contributed by atoms with van der Waals surface area (Å²) in [5.41, 5.74) is 9.40. The van der Waals surface area contributed by atoms with Crippen molar-refractivity contribution >= 4 is 17.8 Å². The predicted octanol–water partition coefficient (Wildman–Crippen LogP) is 5.94. The van der Waals surface area contributed by atoms with Crippen LogP contribution in [-0.4, -0.2) is 29.8 Å². The molecule has 0 spiro atoms. The van der Waals surface area contributed by atoms with Gasteiger partial charge in [0.1, 0.15) is 18.1 Å². The molecule has 1 saturated heterocycles. The van der Waals surface area contributed by atoms with E-state index in [2.05, 4.69) is 65.0 Å². The zero-order valence-corrected chi connectivity index (χ0v) is 21.5. The largest absolute Gasteiger partial charge is 0.486 e. The van der Waals surface area contributed by atoms with Gasteiger partial charge in [0.25, 0.3) is 0 Å². The summed E-state index contributed by atoms with van der Waals surface area (Å²) in [6.45, 7) is 8.72. The standard InChI is InChI=1S/C30H32N4O3/c1-21-18-24(8-14-28(21)33-16-4-5-17-33)19-31-32-30(35)29-15-13-27(37-29)20-36-26-11-9-25(10-12-26)34-22(2)6-7-23(34)3/h6-15,18-19H,4-5,16-17,20H2,1-3H3,(H,32,35). The molecule has 190 valence electrons. The van der Waals surface area contributed by atoms with Crippen molar-refractivity contribution in [3.63, 3.8) is 0 Å². The van der Waals surface area contributed by atoms with Crippen molar-refractivity contribution in [3.05, 3.63) is 101 Å². The molecule has 1 aliphatic rings. The van der Waals surface area contributed by atoms with E-state index >= 15 is 0 Å². The Balaban J connectivity index is 1.13. The maximum atomic E-state index is 12.5. The number of furan rings is 1. The molecule has 4 aromatic rings. The van der Waals surface area contributed by atoms with Crippen LogP contribution >= 0.6 is 0 Å². The van der Waals surface area contributed by atoms with Gasteiger partial charge >= 0.3 is 5.91 Å². The number of benzene rings is 2. The Morgan fingerprint density at radius 1 is 0.973 bits per heavy atom. The topological polar surface area (TPSA) is 72.0 Å². The van der Waals surface area contributed by atoms with E-state index in [1.54, 1.807) is 18.3 Å². The van der Waals surface area contributed by atoms with E-state index < -0.39 is 5.91 Å². The van der Waals surface area contributed by atoms with Gasteiger partial charge in [-0.3, -0.25) is 4.79 Å². The van der Waals surface area contributed by atoms with Gasteiger partial charge in [0.05, 0.1) is 6.21 Å². The van der Waals surface area contributed by atoms with Crippen molar-refractivity contribution < 1.29 is 13.9 Å². The molecule has 5 rings (SSSR count). The summed E-state index contributed by atoms with van der Waals surface area (Å²) < 4.78 is 13.7. The summed E-state index contributed by atoms with van der Waals surface area (Å²) in [5, 5.41) is 4.10. The summed E-state index contributed by atoms with van der Waals surface area (Å²) in [6, 6.07) is 21.7. The summed E-state index contributed by atoms with van der Waals surface area (Å²) in [6.07, 6.45) is 4.14. The summed E-state index contributed by atoms with van der Waals surface area (Å²) in [5.74, 6) is 1.06. The Morgan fingerprint density at radius 2 is 1.70 bits per heavy atom. The van der Waals surface area contributed by atoms with Crippen molar-refractivity contribution in [3.8, 4) is 11.4 Å². The highest BCUT2D eigenvalue weighted by Crippen LogP contribution is 2.25. The fourth-order valence-corrected chi connectivity index (χ4v) is 4.79. The van der Waals surface area contributed by atoms with Gasteiger partial charge in [-0.1, -0.05) is 6.07 Å². The summed E-state index contributed by atoms with van der Waals surface area (Å²) in [7, 11) is 0. The molecule has 1 fully saturated rings. The van der Waals surface area contributed by atoms with Crippen LogP contribution in [0.25, 0.3) is 5.69 Å². The number of ether oxygens (including phenoxy) is 1. The van der Waals surface area contributed by atoms with Crippen molar-refractivity contribution in [1.29, 1.82) is 0 Å². The predicted molar refractivity (Wildman–Crippen MR) is 146 cm³/mol. The third-order valence-corrected chi connectivity index (χ3v) is 6.68. The minimum atomic E-state index is -0.408. The maximum Gasteiger partial charge on any atom is 0.307 e.